The van der Waals surface area contributed by atoms with Crippen LogP contribution in [0.15, 0.2) is 42.5 Å². The summed E-state index contributed by atoms with van der Waals surface area (Å²) in [5, 5.41) is 2.46. The fraction of sp³-hybridized carbons (Fsp3) is 0.125. The molecule has 0 radical (unpaired) electrons. The van der Waals surface area contributed by atoms with Crippen molar-refractivity contribution in [3.05, 3.63) is 53.2 Å². The number of hydrogen-bond acceptors (Lipinski definition) is 3. The SMILES string of the molecule is CC(NC(=O)/C=C/c1ccc(-c2ccc(F)cc2)s1)C(N)=O. The minimum absolute atomic E-state index is 0.277. The third-order valence-electron chi connectivity index (χ3n) is 2.94. The number of hydrogen-bond donors (Lipinski definition) is 2. The molecule has 1 atom stereocenters. The van der Waals surface area contributed by atoms with Gasteiger partial charge in [-0.2, -0.15) is 0 Å². The molecule has 0 aliphatic rings. The maximum Gasteiger partial charge on any atom is 0.244 e. The molecule has 0 fully saturated rings. The second kappa shape index (κ2) is 7.00. The van der Waals surface area contributed by atoms with Crippen LogP contribution in [0.2, 0.25) is 0 Å². The molecular formula is C16H15FN2O2S. The molecule has 22 heavy (non-hydrogen) atoms. The smallest absolute Gasteiger partial charge is 0.244 e. The molecule has 2 rings (SSSR count). The van der Waals surface area contributed by atoms with Gasteiger partial charge in [0.25, 0.3) is 0 Å². The monoisotopic (exact) mass is 318 g/mol. The lowest BCUT2D eigenvalue weighted by Crippen LogP contribution is -2.41. The Morgan fingerprint density at radius 1 is 1.23 bits per heavy atom. The van der Waals surface area contributed by atoms with Gasteiger partial charge in [0.15, 0.2) is 0 Å². The van der Waals surface area contributed by atoms with Crippen LogP contribution in [0, 0.1) is 5.82 Å². The van der Waals surface area contributed by atoms with E-state index in [-0.39, 0.29) is 11.7 Å². The van der Waals surface area contributed by atoms with E-state index < -0.39 is 11.9 Å². The van der Waals surface area contributed by atoms with Crippen molar-refractivity contribution < 1.29 is 14.0 Å². The van der Waals surface area contributed by atoms with Crippen molar-refractivity contribution >= 4 is 29.2 Å². The molecule has 0 aliphatic carbocycles. The van der Waals surface area contributed by atoms with E-state index >= 15 is 0 Å². The minimum Gasteiger partial charge on any atom is -0.368 e. The highest BCUT2D eigenvalue weighted by Crippen LogP contribution is 2.28. The van der Waals surface area contributed by atoms with Gasteiger partial charge in [-0.25, -0.2) is 4.39 Å². The quantitative estimate of drug-likeness (QED) is 0.832. The van der Waals surface area contributed by atoms with Crippen molar-refractivity contribution in [2.45, 2.75) is 13.0 Å². The Balaban J connectivity index is 2.02. The molecule has 1 aromatic carbocycles. The number of halogens is 1. The Morgan fingerprint density at radius 2 is 1.91 bits per heavy atom. The number of benzene rings is 1. The lowest BCUT2D eigenvalue weighted by molar-refractivity contribution is -0.124. The number of primary amides is 1. The van der Waals surface area contributed by atoms with Gasteiger partial charge in [-0.05, 0) is 42.8 Å². The first-order valence-electron chi connectivity index (χ1n) is 6.59. The average Bonchev–Trinajstić information content (AvgIpc) is 2.94. The highest BCUT2D eigenvalue weighted by atomic mass is 32.1. The Labute approximate surface area is 131 Å². The van der Waals surface area contributed by atoms with Crippen LogP contribution < -0.4 is 11.1 Å². The third kappa shape index (κ3) is 4.26. The van der Waals surface area contributed by atoms with Crippen LogP contribution in [0.5, 0.6) is 0 Å². The topological polar surface area (TPSA) is 72.2 Å². The van der Waals surface area contributed by atoms with Crippen molar-refractivity contribution in [1.82, 2.24) is 5.32 Å². The summed E-state index contributed by atoms with van der Waals surface area (Å²) < 4.78 is 12.9. The lowest BCUT2D eigenvalue weighted by atomic mass is 10.2. The number of carbonyl (C=O) groups is 2. The van der Waals surface area contributed by atoms with Gasteiger partial charge in [-0.3, -0.25) is 9.59 Å². The molecule has 0 saturated heterocycles. The normalized spacial score (nSPS) is 12.3. The van der Waals surface area contributed by atoms with Crippen LogP contribution >= 0.6 is 11.3 Å². The van der Waals surface area contributed by atoms with Gasteiger partial charge >= 0.3 is 0 Å². The maximum absolute atomic E-state index is 12.9. The first-order valence-corrected chi connectivity index (χ1v) is 7.41. The summed E-state index contributed by atoms with van der Waals surface area (Å²) in [5.74, 6) is -1.25. The second-order valence-electron chi connectivity index (χ2n) is 4.67. The molecule has 1 aromatic heterocycles. The van der Waals surface area contributed by atoms with Crippen molar-refractivity contribution in [3.63, 3.8) is 0 Å². The largest absolute Gasteiger partial charge is 0.368 e. The Hall–Kier alpha value is -2.47. The molecular weight excluding hydrogens is 303 g/mol. The summed E-state index contributed by atoms with van der Waals surface area (Å²) in [4.78, 5) is 24.3. The van der Waals surface area contributed by atoms with Gasteiger partial charge in [0.2, 0.25) is 11.8 Å². The van der Waals surface area contributed by atoms with Crippen molar-refractivity contribution in [1.29, 1.82) is 0 Å². The summed E-state index contributed by atoms with van der Waals surface area (Å²) in [6, 6.07) is 9.28. The van der Waals surface area contributed by atoms with E-state index in [1.54, 1.807) is 18.2 Å². The van der Waals surface area contributed by atoms with Crippen molar-refractivity contribution in [2.75, 3.05) is 0 Å². The van der Waals surface area contributed by atoms with Gasteiger partial charge in [0, 0.05) is 15.8 Å². The maximum atomic E-state index is 12.9. The number of thiophene rings is 1. The van der Waals surface area contributed by atoms with Gasteiger partial charge in [-0.15, -0.1) is 11.3 Å². The molecule has 0 saturated carbocycles. The highest BCUT2D eigenvalue weighted by molar-refractivity contribution is 7.16. The van der Waals surface area contributed by atoms with Crippen LogP contribution in [0.4, 0.5) is 4.39 Å². The predicted octanol–water partition coefficient (Wildman–Crippen LogP) is 2.56. The lowest BCUT2D eigenvalue weighted by Gasteiger charge is -2.06. The summed E-state index contributed by atoms with van der Waals surface area (Å²) in [6.45, 7) is 1.52. The molecule has 0 bridgehead atoms. The number of nitrogens with one attached hydrogen (secondary N) is 1. The average molecular weight is 318 g/mol. The fourth-order valence-electron chi connectivity index (χ4n) is 1.70. The Morgan fingerprint density at radius 3 is 2.55 bits per heavy atom. The van der Waals surface area contributed by atoms with Crippen LogP contribution in [-0.2, 0) is 9.59 Å². The van der Waals surface area contributed by atoms with Gasteiger partial charge in [-0.1, -0.05) is 12.1 Å². The fourth-order valence-corrected chi connectivity index (χ4v) is 2.62. The molecule has 0 spiro atoms. The van der Waals surface area contributed by atoms with Crippen LogP contribution in [0.3, 0.4) is 0 Å². The van der Waals surface area contributed by atoms with E-state index in [0.717, 1.165) is 15.3 Å². The Kier molecular flexibility index (Phi) is 5.06. The summed E-state index contributed by atoms with van der Waals surface area (Å²) in [7, 11) is 0. The number of rotatable bonds is 5. The van der Waals surface area contributed by atoms with Crippen LogP contribution in [-0.4, -0.2) is 17.9 Å². The molecule has 2 amide bonds. The molecule has 1 unspecified atom stereocenters. The first kappa shape index (κ1) is 15.9. The molecule has 2 aromatic rings. The summed E-state index contributed by atoms with van der Waals surface area (Å²) in [5.41, 5.74) is 5.98. The van der Waals surface area contributed by atoms with Gasteiger partial charge < -0.3 is 11.1 Å². The second-order valence-corrected chi connectivity index (χ2v) is 5.79. The zero-order chi connectivity index (χ0) is 16.1. The first-order chi connectivity index (χ1) is 10.5. The molecule has 6 heteroatoms. The number of amides is 2. The van der Waals surface area contributed by atoms with Crippen molar-refractivity contribution in [3.8, 4) is 10.4 Å². The van der Waals surface area contributed by atoms with E-state index in [2.05, 4.69) is 5.32 Å². The summed E-state index contributed by atoms with van der Waals surface area (Å²) in [6.07, 6.45) is 3.00. The van der Waals surface area contributed by atoms with E-state index in [4.69, 9.17) is 5.73 Å². The highest BCUT2D eigenvalue weighted by Gasteiger charge is 2.09. The van der Waals surface area contributed by atoms with E-state index in [1.165, 1.54) is 36.5 Å². The van der Waals surface area contributed by atoms with Crippen molar-refractivity contribution in [2.24, 2.45) is 5.73 Å². The minimum atomic E-state index is -0.713. The molecule has 4 nitrogen and oxygen atoms in total. The van der Waals surface area contributed by atoms with Gasteiger partial charge in [0.1, 0.15) is 11.9 Å². The zero-order valence-electron chi connectivity index (χ0n) is 11.9. The van der Waals surface area contributed by atoms with Gasteiger partial charge in [0.05, 0.1) is 0 Å². The number of carbonyl (C=O) groups excluding carboxylic acids is 2. The van der Waals surface area contributed by atoms with E-state index in [0.29, 0.717) is 0 Å². The standard InChI is InChI=1S/C16H15FN2O2S/c1-10(16(18)21)19-15(20)9-7-13-6-8-14(22-13)11-2-4-12(17)5-3-11/h2-10H,1H3,(H2,18,21)(H,19,20)/b9-7+. The van der Waals surface area contributed by atoms with E-state index in [9.17, 15) is 14.0 Å². The molecule has 3 N–H and O–H groups in total. The third-order valence-corrected chi connectivity index (χ3v) is 4.04. The molecule has 114 valence electrons. The van der Waals surface area contributed by atoms with E-state index in [1.807, 2.05) is 12.1 Å². The van der Waals surface area contributed by atoms with Crippen LogP contribution in [0.25, 0.3) is 16.5 Å². The molecule has 1 heterocycles. The van der Waals surface area contributed by atoms with Crippen LogP contribution in [0.1, 0.15) is 11.8 Å². The summed E-state index contributed by atoms with van der Waals surface area (Å²) >= 11 is 1.48. The predicted molar refractivity (Wildman–Crippen MR) is 85.5 cm³/mol. The Bertz CT molecular complexity index is 707. The number of nitrogens with two attached hydrogens (primary N) is 1. The zero-order valence-corrected chi connectivity index (χ0v) is 12.7. The molecule has 0 aliphatic heterocycles.